The van der Waals surface area contributed by atoms with Gasteiger partial charge in [0.15, 0.2) is 0 Å². The van der Waals surface area contributed by atoms with Crippen LogP contribution in [0.2, 0.25) is 0 Å². The second kappa shape index (κ2) is 7.88. The lowest BCUT2D eigenvalue weighted by molar-refractivity contribution is 0.178. The number of nitrogens with zero attached hydrogens (tertiary/aromatic N) is 3. The summed E-state index contributed by atoms with van der Waals surface area (Å²) in [7, 11) is 0. The molecule has 2 saturated carbocycles. The Morgan fingerprint density at radius 2 is 1.93 bits per heavy atom. The summed E-state index contributed by atoms with van der Waals surface area (Å²) in [5.41, 5.74) is 2.75. The summed E-state index contributed by atoms with van der Waals surface area (Å²) in [5, 5.41) is 13.8. The maximum absolute atomic E-state index is 9.48. The van der Waals surface area contributed by atoms with E-state index < -0.39 is 0 Å². The number of rotatable bonds is 7. The van der Waals surface area contributed by atoms with Crippen LogP contribution >= 0.6 is 11.3 Å². The molecule has 5 rings (SSSR count). The van der Waals surface area contributed by atoms with Crippen molar-refractivity contribution in [2.45, 2.75) is 45.1 Å². The van der Waals surface area contributed by atoms with Crippen LogP contribution in [0, 0.1) is 18.8 Å². The topological polar surface area (TPSA) is 80.2 Å². The van der Waals surface area contributed by atoms with Gasteiger partial charge in [0.25, 0.3) is 0 Å². The van der Waals surface area contributed by atoms with Crippen molar-refractivity contribution in [3.8, 4) is 16.5 Å². The van der Waals surface area contributed by atoms with Crippen molar-refractivity contribution >= 4 is 27.5 Å². The Kier molecular flexibility index (Phi) is 5.09. The van der Waals surface area contributed by atoms with Crippen LogP contribution in [0.5, 0.6) is 5.88 Å². The number of nitrogens with one attached hydrogen (secondary N) is 1. The lowest BCUT2D eigenvalue weighted by atomic mass is 10.1. The number of anilines is 1. The molecule has 0 radical (unpaired) electrons. The number of thiazole rings is 1. The minimum absolute atomic E-state index is 0.0749. The minimum atomic E-state index is 0.0749. The van der Waals surface area contributed by atoms with Gasteiger partial charge in [0.1, 0.15) is 11.1 Å². The molecule has 29 heavy (non-hydrogen) atoms. The van der Waals surface area contributed by atoms with Crippen LogP contribution in [-0.2, 0) is 0 Å². The third kappa shape index (κ3) is 4.07. The molecule has 7 heteroatoms. The maximum atomic E-state index is 9.48. The van der Waals surface area contributed by atoms with E-state index >= 15 is 0 Å². The Morgan fingerprint density at radius 1 is 1.10 bits per heavy atom. The van der Waals surface area contributed by atoms with Crippen LogP contribution in [0.3, 0.4) is 0 Å². The number of aromatic nitrogens is 3. The van der Waals surface area contributed by atoms with Gasteiger partial charge in [0.05, 0.1) is 21.5 Å². The van der Waals surface area contributed by atoms with Crippen molar-refractivity contribution in [3.63, 3.8) is 0 Å². The molecule has 2 heterocycles. The monoisotopic (exact) mass is 410 g/mol. The minimum Gasteiger partial charge on any atom is -0.474 e. The first kappa shape index (κ1) is 18.8. The van der Waals surface area contributed by atoms with E-state index in [0.717, 1.165) is 58.2 Å². The van der Waals surface area contributed by atoms with Gasteiger partial charge in [-0.05, 0) is 63.0 Å². The molecule has 2 aromatic heterocycles. The van der Waals surface area contributed by atoms with Gasteiger partial charge in [-0.2, -0.15) is 4.98 Å². The van der Waals surface area contributed by atoms with Crippen molar-refractivity contribution in [2.24, 2.45) is 11.8 Å². The Bertz CT molecular complexity index is 984. The zero-order valence-electron chi connectivity index (χ0n) is 16.6. The molecule has 2 N–H and O–H groups in total. The SMILES string of the molecule is Cc1nc(NCC2CC2)nc(O[C@H]2CC[C@@H](CO)C2)c1-c1nc2ccccc2s1. The normalized spacial score (nSPS) is 21.6. The lowest BCUT2D eigenvalue weighted by Gasteiger charge is -2.17. The van der Waals surface area contributed by atoms with E-state index in [1.807, 2.05) is 25.1 Å². The largest absolute Gasteiger partial charge is 0.474 e. The zero-order chi connectivity index (χ0) is 19.8. The molecular formula is C22H26N4O2S. The van der Waals surface area contributed by atoms with Crippen molar-refractivity contribution in [2.75, 3.05) is 18.5 Å². The summed E-state index contributed by atoms with van der Waals surface area (Å²) in [6.45, 7) is 3.14. The highest BCUT2D eigenvalue weighted by Gasteiger charge is 2.29. The van der Waals surface area contributed by atoms with Crippen LogP contribution in [0.15, 0.2) is 24.3 Å². The molecule has 0 aliphatic heterocycles. The number of aliphatic hydroxyl groups excluding tert-OH is 1. The fourth-order valence-electron chi connectivity index (χ4n) is 3.95. The molecule has 2 aliphatic rings. The van der Waals surface area contributed by atoms with Crippen LogP contribution in [0.1, 0.15) is 37.8 Å². The van der Waals surface area contributed by atoms with E-state index in [1.165, 1.54) is 12.8 Å². The molecule has 0 amide bonds. The van der Waals surface area contributed by atoms with Gasteiger partial charge < -0.3 is 15.2 Å². The van der Waals surface area contributed by atoms with E-state index in [9.17, 15) is 5.11 Å². The standard InChI is InChI=1S/C22H26N4O2S/c1-13-19(21-25-17-4-2-3-5-18(17)29-21)20(28-16-9-8-15(10-16)12-27)26-22(24-13)23-11-14-6-7-14/h2-5,14-16,27H,6-12H2,1H3,(H,23,24,26)/t15-,16+/m1/s1. The molecule has 2 aliphatic carbocycles. The predicted octanol–water partition coefficient (Wildman–Crippen LogP) is 4.42. The lowest BCUT2D eigenvalue weighted by Crippen LogP contribution is -2.16. The van der Waals surface area contributed by atoms with Crippen molar-refractivity contribution in [1.82, 2.24) is 15.0 Å². The third-order valence-corrected chi connectivity index (χ3v) is 6.89. The van der Waals surface area contributed by atoms with Gasteiger partial charge in [-0.15, -0.1) is 11.3 Å². The fraction of sp³-hybridized carbons (Fsp3) is 0.500. The van der Waals surface area contributed by atoms with Crippen LogP contribution in [0.25, 0.3) is 20.8 Å². The highest BCUT2D eigenvalue weighted by molar-refractivity contribution is 7.21. The highest BCUT2D eigenvalue weighted by atomic mass is 32.1. The van der Waals surface area contributed by atoms with Gasteiger partial charge in [0.2, 0.25) is 11.8 Å². The number of hydrogen-bond donors (Lipinski definition) is 2. The van der Waals surface area contributed by atoms with Crippen molar-refractivity contribution in [3.05, 3.63) is 30.0 Å². The summed E-state index contributed by atoms with van der Waals surface area (Å²) in [6, 6.07) is 8.15. The molecule has 6 nitrogen and oxygen atoms in total. The first-order valence-electron chi connectivity index (χ1n) is 10.5. The summed E-state index contributed by atoms with van der Waals surface area (Å²) < 4.78 is 7.54. The summed E-state index contributed by atoms with van der Waals surface area (Å²) >= 11 is 1.64. The fourth-order valence-corrected chi connectivity index (χ4v) is 5.01. The molecule has 0 spiro atoms. The highest BCUT2D eigenvalue weighted by Crippen LogP contribution is 2.39. The smallest absolute Gasteiger partial charge is 0.229 e. The molecule has 2 fully saturated rings. The molecule has 0 unspecified atom stereocenters. The number of ether oxygens (including phenoxy) is 1. The Hall–Kier alpha value is -2.25. The van der Waals surface area contributed by atoms with Gasteiger partial charge in [-0.3, -0.25) is 0 Å². The summed E-state index contributed by atoms with van der Waals surface area (Å²) in [4.78, 5) is 14.3. The average Bonchev–Trinajstić information content (AvgIpc) is 3.27. The van der Waals surface area contributed by atoms with E-state index in [4.69, 9.17) is 19.7 Å². The summed E-state index contributed by atoms with van der Waals surface area (Å²) in [6.07, 6.45) is 5.44. The van der Waals surface area contributed by atoms with Crippen molar-refractivity contribution < 1.29 is 9.84 Å². The van der Waals surface area contributed by atoms with Gasteiger partial charge in [0, 0.05) is 13.2 Å². The molecule has 3 aromatic rings. The number of aliphatic hydroxyl groups is 1. The van der Waals surface area contributed by atoms with Gasteiger partial charge in [-0.1, -0.05) is 12.1 Å². The average molecular weight is 411 g/mol. The second-order valence-corrected chi connectivity index (χ2v) is 9.26. The Balaban J connectivity index is 1.50. The Labute approximate surface area is 174 Å². The number of fused-ring (bicyclic) bond motifs is 1. The molecular weight excluding hydrogens is 384 g/mol. The number of hydrogen-bond acceptors (Lipinski definition) is 7. The maximum Gasteiger partial charge on any atom is 0.229 e. The molecule has 0 saturated heterocycles. The van der Waals surface area contributed by atoms with Crippen LogP contribution in [-0.4, -0.2) is 39.3 Å². The zero-order valence-corrected chi connectivity index (χ0v) is 17.4. The third-order valence-electron chi connectivity index (χ3n) is 5.84. The second-order valence-electron chi connectivity index (χ2n) is 8.23. The van der Waals surface area contributed by atoms with E-state index in [0.29, 0.717) is 17.7 Å². The number of benzene rings is 1. The first-order valence-corrected chi connectivity index (χ1v) is 11.3. The first-order chi connectivity index (χ1) is 14.2. The van der Waals surface area contributed by atoms with Gasteiger partial charge >= 0.3 is 0 Å². The molecule has 152 valence electrons. The predicted molar refractivity (Wildman–Crippen MR) is 115 cm³/mol. The van der Waals surface area contributed by atoms with Crippen molar-refractivity contribution in [1.29, 1.82) is 0 Å². The van der Waals surface area contributed by atoms with E-state index in [-0.39, 0.29) is 12.7 Å². The number of para-hydroxylation sites is 1. The summed E-state index contributed by atoms with van der Waals surface area (Å²) in [5.74, 6) is 2.30. The number of aryl methyl sites for hydroxylation is 1. The molecule has 2 atom stereocenters. The quantitative estimate of drug-likeness (QED) is 0.600. The Morgan fingerprint density at radius 3 is 2.69 bits per heavy atom. The van der Waals surface area contributed by atoms with Crippen LogP contribution in [0.4, 0.5) is 5.95 Å². The van der Waals surface area contributed by atoms with E-state index in [1.54, 1.807) is 11.3 Å². The van der Waals surface area contributed by atoms with Crippen LogP contribution < -0.4 is 10.1 Å². The van der Waals surface area contributed by atoms with E-state index in [2.05, 4.69) is 11.4 Å². The molecule has 1 aromatic carbocycles. The van der Waals surface area contributed by atoms with Gasteiger partial charge in [-0.25, -0.2) is 9.97 Å². The molecule has 0 bridgehead atoms.